The number of anilines is 1. The fraction of sp³-hybridized carbons (Fsp3) is 0.182. The third kappa shape index (κ3) is 1.29. The maximum Gasteiger partial charge on any atom is 0.0212 e. The molecule has 2 nitrogen and oxygen atoms in total. The maximum atomic E-state index is 5.22. The number of ether oxygens (including phenoxy) is 1. The highest BCUT2D eigenvalue weighted by atomic mass is 16.5. The molecule has 1 heterocycles. The number of nitrogens with zero attached hydrogens (tertiary/aromatic N) is 1. The summed E-state index contributed by atoms with van der Waals surface area (Å²) in [6, 6.07) is 8.24. The van der Waals surface area contributed by atoms with Gasteiger partial charge >= 0.3 is 0 Å². The normalized spacial score (nSPS) is 14.6. The zero-order valence-electron chi connectivity index (χ0n) is 7.82. The minimum absolute atomic E-state index is 0.874. The molecule has 0 N–H and O–H groups in total. The lowest BCUT2D eigenvalue weighted by molar-refractivity contribution is 0.228. The lowest BCUT2D eigenvalue weighted by atomic mass is 10.1. The van der Waals surface area contributed by atoms with E-state index in [1.807, 2.05) is 30.2 Å². The smallest absolute Gasteiger partial charge is 0.0212 e. The topological polar surface area (TPSA) is 12.5 Å². The standard InChI is InChI=1S/C11H12NO/c1-12-10-6-4-3-5-9(10)7-8-11(12)13-2/h3-8H,1-2H3/q-1. The van der Waals surface area contributed by atoms with Crippen LogP contribution in [0, 0.1) is 6.23 Å². The van der Waals surface area contributed by atoms with Crippen molar-refractivity contribution >= 4 is 11.8 Å². The molecule has 0 bridgehead atoms. The molecule has 0 amide bonds. The largest absolute Gasteiger partial charge is 0.422 e. The lowest BCUT2D eigenvalue weighted by Gasteiger charge is -2.38. The van der Waals surface area contributed by atoms with Crippen LogP contribution in [0.25, 0.3) is 6.08 Å². The molecule has 2 rings (SSSR count). The summed E-state index contributed by atoms with van der Waals surface area (Å²) in [5, 5.41) is 0. The Bertz CT molecular complexity index is 333. The van der Waals surface area contributed by atoms with E-state index in [0.29, 0.717) is 0 Å². The number of hydrogen-bond acceptors (Lipinski definition) is 2. The van der Waals surface area contributed by atoms with Crippen LogP contribution in [-0.2, 0) is 4.74 Å². The van der Waals surface area contributed by atoms with E-state index in [1.165, 1.54) is 11.3 Å². The van der Waals surface area contributed by atoms with Crippen molar-refractivity contribution in [2.45, 2.75) is 0 Å². The van der Waals surface area contributed by atoms with Crippen molar-refractivity contribution in [2.75, 3.05) is 19.1 Å². The Morgan fingerprint density at radius 3 is 2.85 bits per heavy atom. The molecule has 0 spiro atoms. The Labute approximate surface area is 78.4 Å². The van der Waals surface area contributed by atoms with Crippen LogP contribution in [0.5, 0.6) is 0 Å². The summed E-state index contributed by atoms with van der Waals surface area (Å²) >= 11 is 0. The average Bonchev–Trinajstić information content (AvgIpc) is 2.19. The van der Waals surface area contributed by atoms with Crippen LogP contribution in [0.3, 0.4) is 0 Å². The van der Waals surface area contributed by atoms with Crippen molar-refractivity contribution in [3.8, 4) is 0 Å². The van der Waals surface area contributed by atoms with Gasteiger partial charge in [-0.05, 0) is 19.3 Å². The van der Waals surface area contributed by atoms with Gasteiger partial charge in [0.1, 0.15) is 0 Å². The van der Waals surface area contributed by atoms with E-state index < -0.39 is 0 Å². The highest BCUT2D eigenvalue weighted by molar-refractivity contribution is 5.73. The Morgan fingerprint density at radius 2 is 2.08 bits per heavy atom. The molecule has 0 saturated carbocycles. The van der Waals surface area contributed by atoms with Gasteiger partial charge in [-0.15, -0.1) is 0 Å². The molecule has 0 aliphatic carbocycles. The minimum atomic E-state index is 0.874. The van der Waals surface area contributed by atoms with Crippen molar-refractivity contribution in [3.05, 3.63) is 42.1 Å². The summed E-state index contributed by atoms with van der Waals surface area (Å²) in [5.41, 5.74) is 2.41. The van der Waals surface area contributed by atoms with Gasteiger partial charge in [-0.2, -0.15) is 12.2 Å². The molecule has 0 saturated heterocycles. The number of rotatable bonds is 1. The van der Waals surface area contributed by atoms with Crippen molar-refractivity contribution < 1.29 is 4.74 Å². The SMILES string of the molecule is CO[C-]1C=Cc2ccccc2N1C. The Morgan fingerprint density at radius 1 is 1.31 bits per heavy atom. The van der Waals surface area contributed by atoms with Crippen LogP contribution in [0.2, 0.25) is 0 Å². The average molecular weight is 174 g/mol. The summed E-state index contributed by atoms with van der Waals surface area (Å²) in [6.45, 7) is 0. The van der Waals surface area contributed by atoms with Crippen molar-refractivity contribution in [2.24, 2.45) is 0 Å². The molecule has 0 aromatic heterocycles. The predicted octanol–water partition coefficient (Wildman–Crippen LogP) is 2.29. The van der Waals surface area contributed by atoms with Gasteiger partial charge in [0.2, 0.25) is 0 Å². The van der Waals surface area contributed by atoms with Gasteiger partial charge in [0.25, 0.3) is 0 Å². The number of likely N-dealkylation sites (N-methyl/N-ethyl adjacent to an activating group) is 1. The van der Waals surface area contributed by atoms with Gasteiger partial charge < -0.3 is 9.64 Å². The molecule has 0 unspecified atom stereocenters. The summed E-state index contributed by atoms with van der Waals surface area (Å²) in [5.74, 6) is 0. The van der Waals surface area contributed by atoms with E-state index in [4.69, 9.17) is 4.74 Å². The summed E-state index contributed by atoms with van der Waals surface area (Å²) in [4.78, 5) is 2.04. The van der Waals surface area contributed by atoms with E-state index in [0.717, 1.165) is 6.23 Å². The molecule has 1 aromatic carbocycles. The van der Waals surface area contributed by atoms with Crippen molar-refractivity contribution in [1.29, 1.82) is 0 Å². The number of fused-ring (bicyclic) bond motifs is 1. The van der Waals surface area contributed by atoms with E-state index in [1.54, 1.807) is 7.11 Å². The fourth-order valence-corrected chi connectivity index (χ4v) is 1.53. The Hall–Kier alpha value is -1.41. The Kier molecular flexibility index (Phi) is 1.99. The number of para-hydroxylation sites is 1. The second-order valence-electron chi connectivity index (χ2n) is 2.99. The second-order valence-corrected chi connectivity index (χ2v) is 2.99. The van der Waals surface area contributed by atoms with Crippen LogP contribution >= 0.6 is 0 Å². The van der Waals surface area contributed by atoms with Crippen LogP contribution in [-0.4, -0.2) is 14.2 Å². The molecular formula is C11H12NO-. The van der Waals surface area contributed by atoms with E-state index in [9.17, 15) is 0 Å². The zero-order chi connectivity index (χ0) is 9.26. The molecule has 0 fully saturated rings. The molecule has 13 heavy (non-hydrogen) atoms. The van der Waals surface area contributed by atoms with Gasteiger partial charge in [-0.1, -0.05) is 23.8 Å². The van der Waals surface area contributed by atoms with Crippen LogP contribution in [0.15, 0.2) is 30.3 Å². The molecule has 1 aromatic rings. The Balaban J connectivity index is 2.42. The van der Waals surface area contributed by atoms with Gasteiger partial charge in [-0.25, -0.2) is 0 Å². The van der Waals surface area contributed by atoms with Crippen LogP contribution in [0.1, 0.15) is 5.56 Å². The monoisotopic (exact) mass is 174 g/mol. The van der Waals surface area contributed by atoms with Crippen LogP contribution in [0.4, 0.5) is 5.69 Å². The quantitative estimate of drug-likeness (QED) is 0.606. The van der Waals surface area contributed by atoms with E-state index in [2.05, 4.69) is 18.2 Å². The lowest BCUT2D eigenvalue weighted by Crippen LogP contribution is -2.26. The van der Waals surface area contributed by atoms with Crippen molar-refractivity contribution in [1.82, 2.24) is 0 Å². The molecule has 0 radical (unpaired) electrons. The van der Waals surface area contributed by atoms with Gasteiger partial charge in [0.05, 0.1) is 0 Å². The summed E-state index contributed by atoms with van der Waals surface area (Å²) in [6.07, 6.45) is 4.91. The van der Waals surface area contributed by atoms with Gasteiger partial charge in [0, 0.05) is 12.8 Å². The van der Waals surface area contributed by atoms with Gasteiger partial charge in [0.15, 0.2) is 0 Å². The highest BCUT2D eigenvalue weighted by Crippen LogP contribution is 2.30. The van der Waals surface area contributed by atoms with E-state index in [-0.39, 0.29) is 0 Å². The molecule has 1 aliphatic rings. The number of hydrogen-bond donors (Lipinski definition) is 0. The first kappa shape index (κ1) is 8.20. The third-order valence-electron chi connectivity index (χ3n) is 2.24. The first-order chi connectivity index (χ1) is 6.33. The predicted molar refractivity (Wildman–Crippen MR) is 54.1 cm³/mol. The number of benzene rings is 1. The molecule has 68 valence electrons. The fourth-order valence-electron chi connectivity index (χ4n) is 1.53. The molecular weight excluding hydrogens is 162 g/mol. The first-order valence-corrected chi connectivity index (χ1v) is 4.24. The first-order valence-electron chi connectivity index (χ1n) is 4.24. The van der Waals surface area contributed by atoms with Crippen molar-refractivity contribution in [3.63, 3.8) is 0 Å². The molecule has 2 heteroatoms. The van der Waals surface area contributed by atoms with Gasteiger partial charge in [-0.3, -0.25) is 0 Å². The minimum Gasteiger partial charge on any atom is -0.422 e. The van der Waals surface area contributed by atoms with E-state index >= 15 is 0 Å². The highest BCUT2D eigenvalue weighted by Gasteiger charge is 2.08. The summed E-state index contributed by atoms with van der Waals surface area (Å²) < 4.78 is 5.22. The maximum absolute atomic E-state index is 5.22. The third-order valence-corrected chi connectivity index (χ3v) is 2.24. The number of methoxy groups -OCH3 is 1. The van der Waals surface area contributed by atoms with Crippen LogP contribution < -0.4 is 4.90 Å². The molecule has 1 aliphatic heterocycles. The summed E-state index contributed by atoms with van der Waals surface area (Å²) in [7, 11) is 3.69. The molecule has 0 atom stereocenters. The second kappa shape index (κ2) is 3.15. The zero-order valence-corrected chi connectivity index (χ0v) is 7.82.